The van der Waals surface area contributed by atoms with Crippen LogP contribution in [0, 0.1) is 46.8 Å². The van der Waals surface area contributed by atoms with Crippen molar-refractivity contribution in [1.82, 2.24) is 0 Å². The van der Waals surface area contributed by atoms with Crippen LogP contribution in [0.25, 0.3) is 0 Å². The van der Waals surface area contributed by atoms with Crippen LogP contribution in [0.5, 0.6) is 0 Å². The van der Waals surface area contributed by atoms with Crippen molar-refractivity contribution in [2.75, 3.05) is 20.3 Å². The van der Waals surface area contributed by atoms with E-state index in [1.54, 1.807) is 7.11 Å². The molecule has 9 atom stereocenters. The summed E-state index contributed by atoms with van der Waals surface area (Å²) >= 11 is 0. The van der Waals surface area contributed by atoms with Crippen molar-refractivity contribution in [3.63, 3.8) is 0 Å². The largest absolute Gasteiger partial charge is 0.396 e. The molecule has 0 saturated heterocycles. The van der Waals surface area contributed by atoms with Gasteiger partial charge in [0.15, 0.2) is 0 Å². The highest BCUT2D eigenvalue weighted by atomic mass is 16.5. The van der Waals surface area contributed by atoms with Crippen LogP contribution >= 0.6 is 0 Å². The molecular formula is C23H40O3. The molecule has 3 heteroatoms. The molecule has 1 unspecified atom stereocenters. The second-order valence-electron chi connectivity index (χ2n) is 10.7. The highest BCUT2D eigenvalue weighted by Gasteiger charge is 2.58. The molecule has 0 spiro atoms. The van der Waals surface area contributed by atoms with Gasteiger partial charge in [0.1, 0.15) is 0 Å². The summed E-state index contributed by atoms with van der Waals surface area (Å²) in [6, 6.07) is 0. The average Bonchev–Trinajstić information content (AvgIpc) is 2.98. The first-order valence-electron chi connectivity index (χ1n) is 11.2. The number of methoxy groups -OCH3 is 1. The second kappa shape index (κ2) is 7.04. The molecule has 4 saturated carbocycles. The van der Waals surface area contributed by atoms with E-state index >= 15 is 0 Å². The molecule has 2 N–H and O–H groups in total. The number of ether oxygens (including phenoxy) is 1. The molecule has 0 bridgehead atoms. The van der Waals surface area contributed by atoms with Gasteiger partial charge in [0, 0.05) is 13.7 Å². The topological polar surface area (TPSA) is 49.7 Å². The second-order valence-corrected chi connectivity index (χ2v) is 10.7. The molecule has 3 nitrogen and oxygen atoms in total. The van der Waals surface area contributed by atoms with Crippen LogP contribution < -0.4 is 0 Å². The van der Waals surface area contributed by atoms with Crippen LogP contribution in [0.2, 0.25) is 0 Å². The third-order valence-electron chi connectivity index (χ3n) is 9.57. The minimum atomic E-state index is -0.569. The number of aliphatic hydroxyl groups is 2. The summed E-state index contributed by atoms with van der Waals surface area (Å²) < 4.78 is 5.32. The van der Waals surface area contributed by atoms with E-state index in [4.69, 9.17) is 4.74 Å². The minimum absolute atomic E-state index is 0.351. The van der Waals surface area contributed by atoms with Crippen molar-refractivity contribution >= 4 is 0 Å². The van der Waals surface area contributed by atoms with Crippen LogP contribution in [0.15, 0.2) is 0 Å². The predicted molar refractivity (Wildman–Crippen MR) is 104 cm³/mol. The van der Waals surface area contributed by atoms with Crippen molar-refractivity contribution in [3.05, 3.63) is 0 Å². The Morgan fingerprint density at radius 1 is 1.00 bits per heavy atom. The maximum atomic E-state index is 10.9. The van der Waals surface area contributed by atoms with Crippen molar-refractivity contribution in [2.24, 2.45) is 46.8 Å². The van der Waals surface area contributed by atoms with Crippen LogP contribution in [-0.2, 0) is 4.74 Å². The van der Waals surface area contributed by atoms with E-state index in [9.17, 15) is 10.2 Å². The highest BCUT2D eigenvalue weighted by molar-refractivity contribution is 5.07. The summed E-state index contributed by atoms with van der Waals surface area (Å²) in [6.45, 7) is 5.68. The SMILES string of the molecule is COC[C@@]1(O)CC[C@H]2[C@@H](CC[C@@H]3[C@@H]2CC[C@]2(C)[C@@H](C(C)CO)CC[C@@H]32)C1. The number of hydrogen-bond acceptors (Lipinski definition) is 3. The van der Waals surface area contributed by atoms with E-state index < -0.39 is 5.60 Å². The molecule has 0 aromatic rings. The van der Waals surface area contributed by atoms with Gasteiger partial charge in [-0.2, -0.15) is 0 Å². The molecule has 4 aliphatic rings. The van der Waals surface area contributed by atoms with Gasteiger partial charge in [-0.3, -0.25) is 0 Å². The molecule has 0 aromatic carbocycles. The summed E-state index contributed by atoms with van der Waals surface area (Å²) in [5.74, 6) is 5.39. The summed E-state index contributed by atoms with van der Waals surface area (Å²) in [5.41, 5.74) is -0.109. The quantitative estimate of drug-likeness (QED) is 0.783. The molecule has 26 heavy (non-hydrogen) atoms. The van der Waals surface area contributed by atoms with Crippen LogP contribution in [0.3, 0.4) is 0 Å². The standard InChI is InChI=1S/C23H40O3/c1-15(13-24)20-6-7-21-19-5-4-16-12-23(25,14-26-3)11-9-17(16)18(19)8-10-22(20,21)2/h15-21,24-25H,4-14H2,1-3H3/t15?,16-,17-,18+,19+,20+,21-,22+,23+/m0/s1. The Bertz CT molecular complexity index is 508. The van der Waals surface area contributed by atoms with Crippen LogP contribution in [-0.4, -0.2) is 36.1 Å². The van der Waals surface area contributed by atoms with Gasteiger partial charge < -0.3 is 14.9 Å². The third-order valence-corrected chi connectivity index (χ3v) is 9.57. The fourth-order valence-electron chi connectivity index (χ4n) is 8.46. The molecule has 4 rings (SSSR count). The lowest BCUT2D eigenvalue weighted by Gasteiger charge is -2.57. The van der Waals surface area contributed by atoms with Gasteiger partial charge in [-0.15, -0.1) is 0 Å². The molecular weight excluding hydrogens is 324 g/mol. The molecule has 4 aliphatic carbocycles. The van der Waals surface area contributed by atoms with Crippen molar-refractivity contribution in [3.8, 4) is 0 Å². The zero-order valence-corrected chi connectivity index (χ0v) is 17.1. The molecule has 4 fully saturated rings. The molecule has 0 aromatic heterocycles. The van der Waals surface area contributed by atoms with Crippen LogP contribution in [0.1, 0.15) is 71.6 Å². The Balaban J connectivity index is 1.49. The van der Waals surface area contributed by atoms with Gasteiger partial charge >= 0.3 is 0 Å². The zero-order valence-electron chi connectivity index (χ0n) is 17.1. The first kappa shape index (κ1) is 19.2. The fourth-order valence-corrected chi connectivity index (χ4v) is 8.46. The minimum Gasteiger partial charge on any atom is -0.396 e. The maximum absolute atomic E-state index is 10.9. The van der Waals surface area contributed by atoms with E-state index in [0.717, 1.165) is 36.5 Å². The van der Waals surface area contributed by atoms with Gasteiger partial charge in [-0.25, -0.2) is 0 Å². The first-order chi connectivity index (χ1) is 12.4. The number of hydrogen-bond donors (Lipinski definition) is 2. The normalized spacial score (nSPS) is 52.0. The van der Waals surface area contributed by atoms with E-state index in [1.165, 1.54) is 44.9 Å². The predicted octanol–water partition coefficient (Wildman–Crippen LogP) is 4.26. The monoisotopic (exact) mass is 364 g/mol. The lowest BCUT2D eigenvalue weighted by atomic mass is 9.48. The zero-order chi connectivity index (χ0) is 18.5. The Morgan fingerprint density at radius 3 is 2.50 bits per heavy atom. The van der Waals surface area contributed by atoms with Gasteiger partial charge in [0.05, 0.1) is 12.2 Å². The van der Waals surface area contributed by atoms with Gasteiger partial charge in [-0.05, 0) is 105 Å². The number of aliphatic hydroxyl groups excluding tert-OH is 1. The van der Waals surface area contributed by atoms with E-state index in [2.05, 4.69) is 13.8 Å². The average molecular weight is 365 g/mol. The highest BCUT2D eigenvalue weighted by Crippen LogP contribution is 2.65. The van der Waals surface area contributed by atoms with E-state index in [1.807, 2.05) is 0 Å². The summed E-state index contributed by atoms with van der Waals surface area (Å²) in [4.78, 5) is 0. The Morgan fingerprint density at radius 2 is 1.77 bits per heavy atom. The Kier molecular flexibility index (Phi) is 5.20. The summed E-state index contributed by atoms with van der Waals surface area (Å²) in [5, 5.41) is 20.6. The molecule has 0 amide bonds. The lowest BCUT2D eigenvalue weighted by molar-refractivity contribution is -0.126. The van der Waals surface area contributed by atoms with Crippen LogP contribution in [0.4, 0.5) is 0 Å². The van der Waals surface area contributed by atoms with E-state index in [-0.39, 0.29) is 0 Å². The Labute approximate surface area is 159 Å². The lowest BCUT2D eigenvalue weighted by Crippen LogP contribution is -2.52. The molecule has 150 valence electrons. The van der Waals surface area contributed by atoms with Crippen molar-refractivity contribution < 1.29 is 14.9 Å². The molecule has 0 aliphatic heterocycles. The molecule has 0 heterocycles. The first-order valence-corrected chi connectivity index (χ1v) is 11.2. The third kappa shape index (κ3) is 2.97. The number of rotatable bonds is 4. The van der Waals surface area contributed by atoms with Crippen molar-refractivity contribution in [2.45, 2.75) is 77.2 Å². The Hall–Kier alpha value is -0.120. The summed E-state index contributed by atoms with van der Waals surface area (Å²) in [6.07, 6.45) is 11.2. The number of fused-ring (bicyclic) bond motifs is 5. The van der Waals surface area contributed by atoms with Crippen molar-refractivity contribution in [1.29, 1.82) is 0 Å². The summed E-state index contributed by atoms with van der Waals surface area (Å²) in [7, 11) is 1.72. The van der Waals surface area contributed by atoms with Gasteiger partial charge in [0.2, 0.25) is 0 Å². The van der Waals surface area contributed by atoms with Gasteiger partial charge in [-0.1, -0.05) is 13.8 Å². The van der Waals surface area contributed by atoms with Gasteiger partial charge in [0.25, 0.3) is 0 Å². The fraction of sp³-hybridized carbons (Fsp3) is 1.00. The maximum Gasteiger partial charge on any atom is 0.0882 e. The molecule has 0 radical (unpaired) electrons. The van der Waals surface area contributed by atoms with E-state index in [0.29, 0.717) is 36.4 Å². The smallest absolute Gasteiger partial charge is 0.0882 e.